The fourth-order valence-corrected chi connectivity index (χ4v) is 1.27. The lowest BCUT2D eigenvalue weighted by Crippen LogP contribution is -1.82. The molecule has 0 aliphatic carbocycles. The lowest BCUT2D eigenvalue weighted by molar-refractivity contribution is 0.112. The van der Waals surface area contributed by atoms with Gasteiger partial charge >= 0.3 is 0 Å². The number of thiol groups is 1. The predicted molar refractivity (Wildman–Crippen MR) is 62.2 cm³/mol. The maximum Gasteiger partial charge on any atom is 0.150 e. The number of rotatable bonds is 2. The zero-order valence-electron chi connectivity index (χ0n) is 7.46. The molecule has 0 heterocycles. The summed E-state index contributed by atoms with van der Waals surface area (Å²) in [4.78, 5) is 10.4. The molecule has 72 valence electrons. The largest absolute Gasteiger partial charge is 0.298 e. The average Bonchev–Trinajstić information content (AvgIpc) is 2.20. The molecule has 0 spiro atoms. The van der Waals surface area contributed by atoms with Gasteiger partial charge < -0.3 is 0 Å². The average molecular weight is 225 g/mol. The molecule has 1 aromatic rings. The molecule has 1 rings (SSSR count). The third-order valence-electron chi connectivity index (χ3n) is 1.59. The highest BCUT2D eigenvalue weighted by atomic mass is 35.5. The molecule has 0 unspecified atom stereocenters. The minimum atomic E-state index is 0.515. The fourth-order valence-electron chi connectivity index (χ4n) is 0.920. The van der Waals surface area contributed by atoms with E-state index in [-0.39, 0.29) is 0 Å². The third-order valence-corrected chi connectivity index (χ3v) is 2.13. The molecule has 0 N–H and O–H groups in total. The molecule has 0 radical (unpaired) electrons. The number of hydrogen-bond acceptors (Lipinski definition) is 2. The molecule has 14 heavy (non-hydrogen) atoms. The van der Waals surface area contributed by atoms with Crippen LogP contribution in [-0.2, 0) is 0 Å². The van der Waals surface area contributed by atoms with Gasteiger partial charge in [-0.05, 0) is 12.1 Å². The van der Waals surface area contributed by atoms with Crippen LogP contribution in [0, 0.1) is 11.8 Å². The summed E-state index contributed by atoms with van der Waals surface area (Å²) in [5, 5.41) is 0.515. The summed E-state index contributed by atoms with van der Waals surface area (Å²) in [6.45, 7) is 0. The van der Waals surface area contributed by atoms with Gasteiger partial charge in [-0.3, -0.25) is 4.79 Å². The molecule has 0 saturated carbocycles. The number of carbonyl (C=O) groups is 1. The van der Waals surface area contributed by atoms with E-state index in [1.807, 2.05) is 0 Å². The van der Waals surface area contributed by atoms with Crippen LogP contribution in [0.4, 0.5) is 0 Å². The second kappa shape index (κ2) is 5.74. The van der Waals surface area contributed by atoms with E-state index >= 15 is 0 Å². The Hall–Kier alpha value is -0.910. The normalized spacial score (nSPS) is 9.00. The molecule has 0 aliphatic heterocycles. The van der Waals surface area contributed by atoms with Gasteiger partial charge in [-0.15, -0.1) is 0 Å². The standard InChI is InChI=1S/C11H9ClOS/c12-11-7-9(8-13)4-5-10(11)3-1-2-6-14/h4-5,7-8,14H,2,6H2. The van der Waals surface area contributed by atoms with Crippen LogP contribution in [0.5, 0.6) is 0 Å². The van der Waals surface area contributed by atoms with Gasteiger partial charge in [0.15, 0.2) is 0 Å². The number of halogens is 1. The highest BCUT2D eigenvalue weighted by Gasteiger charge is 1.97. The van der Waals surface area contributed by atoms with Crippen LogP contribution in [0.15, 0.2) is 18.2 Å². The molecule has 0 bridgehead atoms. The fraction of sp³-hybridized carbons (Fsp3) is 0.182. The summed E-state index contributed by atoms with van der Waals surface area (Å²) in [5.74, 6) is 6.58. The first-order valence-corrected chi connectivity index (χ1v) is 5.13. The molecule has 0 atom stereocenters. The summed E-state index contributed by atoms with van der Waals surface area (Å²) < 4.78 is 0. The second-order valence-corrected chi connectivity index (χ2v) is 3.49. The van der Waals surface area contributed by atoms with Crippen LogP contribution < -0.4 is 0 Å². The van der Waals surface area contributed by atoms with E-state index in [4.69, 9.17) is 11.6 Å². The van der Waals surface area contributed by atoms with E-state index in [9.17, 15) is 4.79 Å². The van der Waals surface area contributed by atoms with Crippen molar-refractivity contribution < 1.29 is 4.79 Å². The van der Waals surface area contributed by atoms with Crippen molar-refractivity contribution in [3.8, 4) is 11.8 Å². The minimum absolute atomic E-state index is 0.515. The second-order valence-electron chi connectivity index (χ2n) is 2.63. The predicted octanol–water partition coefficient (Wildman–Crippen LogP) is 2.82. The van der Waals surface area contributed by atoms with Gasteiger partial charge in [-0.1, -0.05) is 29.5 Å². The van der Waals surface area contributed by atoms with Gasteiger partial charge in [0.25, 0.3) is 0 Å². The van der Waals surface area contributed by atoms with Crippen molar-refractivity contribution in [2.75, 3.05) is 5.75 Å². The lowest BCUT2D eigenvalue weighted by Gasteiger charge is -1.95. The van der Waals surface area contributed by atoms with E-state index in [0.29, 0.717) is 10.6 Å². The van der Waals surface area contributed by atoms with E-state index in [1.54, 1.807) is 18.2 Å². The molecule has 0 amide bonds. The van der Waals surface area contributed by atoms with E-state index in [2.05, 4.69) is 24.5 Å². The monoisotopic (exact) mass is 224 g/mol. The summed E-state index contributed by atoms with van der Waals surface area (Å²) in [6.07, 6.45) is 1.49. The topological polar surface area (TPSA) is 17.1 Å². The highest BCUT2D eigenvalue weighted by molar-refractivity contribution is 7.80. The molecule has 1 nitrogen and oxygen atoms in total. The van der Waals surface area contributed by atoms with Crippen LogP contribution in [-0.4, -0.2) is 12.0 Å². The molecular formula is C11H9ClOS. The Morgan fingerprint density at radius 2 is 2.29 bits per heavy atom. The Morgan fingerprint density at radius 1 is 1.50 bits per heavy atom. The maximum atomic E-state index is 10.4. The number of carbonyl (C=O) groups excluding carboxylic acids is 1. The van der Waals surface area contributed by atoms with Crippen molar-refractivity contribution in [1.29, 1.82) is 0 Å². The maximum absolute atomic E-state index is 10.4. The van der Waals surface area contributed by atoms with Gasteiger partial charge in [-0.25, -0.2) is 0 Å². The van der Waals surface area contributed by atoms with Crippen molar-refractivity contribution in [2.45, 2.75) is 6.42 Å². The minimum Gasteiger partial charge on any atom is -0.298 e. The molecule has 0 aliphatic rings. The molecule has 3 heteroatoms. The van der Waals surface area contributed by atoms with Gasteiger partial charge in [0, 0.05) is 23.3 Å². The quantitative estimate of drug-likeness (QED) is 0.465. The summed E-state index contributed by atoms with van der Waals surface area (Å²) in [7, 11) is 0. The molecule has 0 fully saturated rings. The van der Waals surface area contributed by atoms with E-state index in [0.717, 1.165) is 24.0 Å². The number of benzene rings is 1. The van der Waals surface area contributed by atoms with Crippen LogP contribution in [0.1, 0.15) is 22.3 Å². The van der Waals surface area contributed by atoms with Gasteiger partial charge in [0.1, 0.15) is 6.29 Å². The Morgan fingerprint density at radius 3 is 2.86 bits per heavy atom. The van der Waals surface area contributed by atoms with Crippen molar-refractivity contribution in [3.63, 3.8) is 0 Å². The first-order valence-electron chi connectivity index (χ1n) is 4.12. The first kappa shape index (κ1) is 11.2. The van der Waals surface area contributed by atoms with E-state index in [1.165, 1.54) is 0 Å². The molecular weight excluding hydrogens is 216 g/mol. The van der Waals surface area contributed by atoms with Crippen molar-refractivity contribution in [1.82, 2.24) is 0 Å². The van der Waals surface area contributed by atoms with Gasteiger partial charge in [0.05, 0.1) is 5.02 Å². The number of aldehydes is 1. The summed E-state index contributed by atoms with van der Waals surface area (Å²) >= 11 is 9.95. The van der Waals surface area contributed by atoms with Crippen LogP contribution in [0.3, 0.4) is 0 Å². The SMILES string of the molecule is O=Cc1ccc(C#CCCS)c(Cl)c1. The molecule has 1 aromatic carbocycles. The summed E-state index contributed by atoms with van der Waals surface area (Å²) in [6, 6.07) is 5.06. The first-order chi connectivity index (χ1) is 6.77. The van der Waals surface area contributed by atoms with Crippen LogP contribution in [0.25, 0.3) is 0 Å². The summed E-state index contributed by atoms with van der Waals surface area (Å²) in [5.41, 5.74) is 1.31. The zero-order valence-corrected chi connectivity index (χ0v) is 9.11. The van der Waals surface area contributed by atoms with Crippen molar-refractivity contribution in [3.05, 3.63) is 34.3 Å². The lowest BCUT2D eigenvalue weighted by atomic mass is 10.1. The smallest absolute Gasteiger partial charge is 0.150 e. The van der Waals surface area contributed by atoms with E-state index < -0.39 is 0 Å². The van der Waals surface area contributed by atoms with Crippen LogP contribution in [0.2, 0.25) is 5.02 Å². The van der Waals surface area contributed by atoms with Crippen molar-refractivity contribution in [2.24, 2.45) is 0 Å². The molecule has 0 aromatic heterocycles. The van der Waals surface area contributed by atoms with Gasteiger partial charge in [0.2, 0.25) is 0 Å². The Labute approximate surface area is 93.9 Å². The highest BCUT2D eigenvalue weighted by Crippen LogP contribution is 2.15. The zero-order chi connectivity index (χ0) is 10.4. The molecule has 0 saturated heterocycles. The Kier molecular flexibility index (Phi) is 4.58. The Bertz CT molecular complexity index is 390. The number of hydrogen-bond donors (Lipinski definition) is 1. The van der Waals surface area contributed by atoms with Crippen molar-refractivity contribution >= 4 is 30.5 Å². The van der Waals surface area contributed by atoms with Gasteiger partial charge in [-0.2, -0.15) is 12.6 Å². The van der Waals surface area contributed by atoms with Crippen LogP contribution >= 0.6 is 24.2 Å². The Balaban J connectivity index is 2.90. The third kappa shape index (κ3) is 3.10.